The Labute approximate surface area is 144 Å². The first-order chi connectivity index (χ1) is 11.1. The Bertz CT molecular complexity index is 464. The first-order valence-corrected chi connectivity index (χ1v) is 8.72. The van der Waals surface area contributed by atoms with Crippen LogP contribution in [-0.4, -0.2) is 84.2 Å². The molecule has 0 aromatic rings. The molecule has 0 bridgehead atoms. The normalized spacial score (nSPS) is 22.5. The highest BCUT2D eigenvalue weighted by molar-refractivity contribution is 5.69. The van der Waals surface area contributed by atoms with Gasteiger partial charge in [0.25, 0.3) is 0 Å². The van der Waals surface area contributed by atoms with Crippen molar-refractivity contribution in [3.8, 4) is 0 Å². The summed E-state index contributed by atoms with van der Waals surface area (Å²) in [5.41, 5.74) is -1.85. The number of amides is 1. The zero-order chi connectivity index (χ0) is 18.0. The average molecular weight is 342 g/mol. The van der Waals surface area contributed by atoms with Crippen LogP contribution in [0.4, 0.5) is 9.18 Å². The Morgan fingerprint density at radius 2 is 1.96 bits per heavy atom. The van der Waals surface area contributed by atoms with Gasteiger partial charge in [0, 0.05) is 38.9 Å². The van der Waals surface area contributed by atoms with Gasteiger partial charge in [0.1, 0.15) is 5.60 Å². The van der Waals surface area contributed by atoms with Crippen LogP contribution in [0.5, 0.6) is 0 Å². The zero-order valence-electron chi connectivity index (χ0n) is 15.6. The number of hydrogen-bond acceptors (Lipinski definition) is 5. The molecule has 0 radical (unpaired) electrons. The zero-order valence-corrected chi connectivity index (χ0v) is 15.6. The highest BCUT2D eigenvalue weighted by Gasteiger charge is 2.48. The van der Waals surface area contributed by atoms with Gasteiger partial charge < -0.3 is 9.64 Å². The predicted molar refractivity (Wildman–Crippen MR) is 93.0 cm³/mol. The maximum atomic E-state index is 14.8. The highest BCUT2D eigenvalue weighted by Crippen LogP contribution is 2.29. The van der Waals surface area contributed by atoms with Gasteiger partial charge in [-0.05, 0) is 40.5 Å². The van der Waals surface area contributed by atoms with Crippen LogP contribution in [0.25, 0.3) is 0 Å². The molecule has 24 heavy (non-hydrogen) atoms. The molecule has 0 atom stereocenters. The van der Waals surface area contributed by atoms with Crippen LogP contribution in [0.1, 0.15) is 40.5 Å². The molecule has 0 aliphatic carbocycles. The predicted octanol–water partition coefficient (Wildman–Crippen LogP) is 2.35. The Balaban J connectivity index is 1.73. The van der Waals surface area contributed by atoms with Gasteiger partial charge in [-0.1, -0.05) is 0 Å². The summed E-state index contributed by atoms with van der Waals surface area (Å²) in [5.74, 6) is 0. The molecule has 2 aliphatic heterocycles. The van der Waals surface area contributed by atoms with Gasteiger partial charge in [0.2, 0.25) is 0 Å². The van der Waals surface area contributed by atoms with Gasteiger partial charge in [-0.25, -0.2) is 9.18 Å². The average Bonchev–Trinajstić information content (AvgIpc) is 2.43. The lowest BCUT2D eigenvalue weighted by Gasteiger charge is -2.47. The molecular weight excluding hydrogens is 311 g/mol. The summed E-state index contributed by atoms with van der Waals surface area (Å²) >= 11 is 0. The first kappa shape index (κ1) is 19.0. The molecule has 0 aromatic carbocycles. The number of rotatable bonds is 4. The van der Waals surface area contributed by atoms with Crippen molar-refractivity contribution in [1.29, 1.82) is 0 Å². The molecular formula is C17H31FN4O2. The molecule has 2 rings (SSSR count). The number of hydrazone groups is 1. The maximum Gasteiger partial charge on any atom is 0.410 e. The van der Waals surface area contributed by atoms with E-state index in [2.05, 4.69) is 10.0 Å². The second-order valence-corrected chi connectivity index (χ2v) is 7.94. The van der Waals surface area contributed by atoms with E-state index in [4.69, 9.17) is 4.74 Å². The summed E-state index contributed by atoms with van der Waals surface area (Å²) in [5, 5.41) is 6.29. The number of carbonyl (C=O) groups excluding carboxylic acids is 1. The number of carbonyl (C=O) groups is 1. The largest absolute Gasteiger partial charge is 0.444 e. The molecule has 2 fully saturated rings. The van der Waals surface area contributed by atoms with Gasteiger partial charge in [0.15, 0.2) is 5.67 Å². The second kappa shape index (κ2) is 7.25. The Kier molecular flexibility index (Phi) is 5.73. The van der Waals surface area contributed by atoms with Crippen molar-refractivity contribution >= 4 is 12.3 Å². The lowest BCUT2D eigenvalue weighted by Crippen LogP contribution is -2.66. The van der Waals surface area contributed by atoms with Crippen LogP contribution in [0.3, 0.4) is 0 Å². The molecule has 0 N–H and O–H groups in total. The first-order valence-electron chi connectivity index (χ1n) is 8.72. The van der Waals surface area contributed by atoms with E-state index in [1.54, 1.807) is 6.21 Å². The molecule has 0 unspecified atom stereocenters. The van der Waals surface area contributed by atoms with Crippen molar-refractivity contribution in [1.82, 2.24) is 14.8 Å². The Hall–Kier alpha value is -1.37. The smallest absolute Gasteiger partial charge is 0.410 e. The number of nitrogens with zero attached hydrogens (tertiary/aromatic N) is 4. The fourth-order valence-corrected chi connectivity index (χ4v) is 3.32. The van der Waals surface area contributed by atoms with Crippen molar-refractivity contribution in [2.24, 2.45) is 5.10 Å². The van der Waals surface area contributed by atoms with E-state index in [1.165, 1.54) is 4.90 Å². The van der Waals surface area contributed by atoms with Crippen LogP contribution in [0.2, 0.25) is 0 Å². The van der Waals surface area contributed by atoms with E-state index in [1.807, 2.05) is 39.8 Å². The highest BCUT2D eigenvalue weighted by atomic mass is 19.1. The lowest BCUT2D eigenvalue weighted by atomic mass is 9.94. The summed E-state index contributed by atoms with van der Waals surface area (Å²) in [6.45, 7) is 9.74. The number of halogens is 1. The van der Waals surface area contributed by atoms with Crippen LogP contribution in [0, 0.1) is 0 Å². The number of likely N-dealkylation sites (tertiary alicyclic amines) is 2. The summed E-state index contributed by atoms with van der Waals surface area (Å²) in [6.07, 6.45) is 3.34. The monoisotopic (exact) mass is 342 g/mol. The molecule has 1 amide bonds. The van der Waals surface area contributed by atoms with E-state index in [9.17, 15) is 9.18 Å². The summed E-state index contributed by atoms with van der Waals surface area (Å²) in [7, 11) is 1.99. The van der Waals surface area contributed by atoms with Crippen molar-refractivity contribution < 1.29 is 13.9 Å². The van der Waals surface area contributed by atoms with Crippen molar-refractivity contribution in [2.75, 3.05) is 39.8 Å². The van der Waals surface area contributed by atoms with E-state index in [0.717, 1.165) is 25.9 Å². The summed E-state index contributed by atoms with van der Waals surface area (Å²) in [4.78, 5) is 15.5. The fraction of sp³-hybridized carbons (Fsp3) is 0.882. The van der Waals surface area contributed by atoms with Crippen molar-refractivity contribution in [3.05, 3.63) is 0 Å². The molecule has 6 nitrogen and oxygen atoms in total. The molecule has 7 heteroatoms. The van der Waals surface area contributed by atoms with Gasteiger partial charge in [0.05, 0.1) is 13.1 Å². The molecule has 138 valence electrons. The fourth-order valence-electron chi connectivity index (χ4n) is 3.32. The Morgan fingerprint density at radius 1 is 1.38 bits per heavy atom. The number of ether oxygens (including phenoxy) is 1. The van der Waals surface area contributed by atoms with Crippen LogP contribution >= 0.6 is 0 Å². The quantitative estimate of drug-likeness (QED) is 0.581. The minimum atomic E-state index is -1.31. The Morgan fingerprint density at radius 3 is 2.46 bits per heavy atom. The van der Waals surface area contributed by atoms with E-state index < -0.39 is 17.4 Å². The van der Waals surface area contributed by atoms with Crippen LogP contribution in [-0.2, 0) is 4.74 Å². The third kappa shape index (κ3) is 5.06. The summed E-state index contributed by atoms with van der Waals surface area (Å²) in [6, 6.07) is 0.424. The minimum Gasteiger partial charge on any atom is -0.444 e. The van der Waals surface area contributed by atoms with Gasteiger partial charge in [-0.3, -0.25) is 9.91 Å². The van der Waals surface area contributed by atoms with Crippen molar-refractivity contribution in [2.45, 2.75) is 57.8 Å². The third-order valence-electron chi connectivity index (χ3n) is 4.49. The molecule has 0 saturated carbocycles. The van der Waals surface area contributed by atoms with Crippen LogP contribution < -0.4 is 0 Å². The van der Waals surface area contributed by atoms with E-state index >= 15 is 0 Å². The molecule has 0 spiro atoms. The number of alkyl halides is 1. The summed E-state index contributed by atoms with van der Waals surface area (Å²) < 4.78 is 20.1. The number of piperidine rings is 1. The van der Waals surface area contributed by atoms with Gasteiger partial charge in [-0.15, -0.1) is 0 Å². The van der Waals surface area contributed by atoms with E-state index in [-0.39, 0.29) is 13.1 Å². The van der Waals surface area contributed by atoms with E-state index in [0.29, 0.717) is 12.6 Å². The van der Waals surface area contributed by atoms with Crippen LogP contribution in [0.15, 0.2) is 5.10 Å². The lowest BCUT2D eigenvalue weighted by molar-refractivity contribution is -0.0675. The second-order valence-electron chi connectivity index (χ2n) is 7.94. The third-order valence-corrected chi connectivity index (χ3v) is 4.49. The topological polar surface area (TPSA) is 48.4 Å². The van der Waals surface area contributed by atoms with Gasteiger partial charge in [-0.2, -0.15) is 5.10 Å². The van der Waals surface area contributed by atoms with Gasteiger partial charge >= 0.3 is 6.09 Å². The standard InChI is InChI=1S/C17H31FN4O2/c1-6-19-20(5)14-7-9-21(10-8-14)11-17(18)12-22(13-17)15(23)24-16(2,3)4/h6,14H,7-13H2,1-5H3/b19-6-. The molecule has 2 aliphatic rings. The number of hydrogen-bond donors (Lipinski definition) is 0. The SMILES string of the molecule is C/C=N\N(C)C1CCN(CC2(F)CN(C(=O)OC(C)(C)C)C2)CC1. The van der Waals surface area contributed by atoms with Crippen molar-refractivity contribution in [3.63, 3.8) is 0 Å². The molecule has 0 aromatic heterocycles. The minimum absolute atomic E-state index is 0.127. The maximum absolute atomic E-state index is 14.8. The molecule has 2 heterocycles. The molecule has 2 saturated heterocycles.